The van der Waals surface area contributed by atoms with Crippen molar-refractivity contribution >= 4 is 34.8 Å². The number of amides is 1. The van der Waals surface area contributed by atoms with Gasteiger partial charge in [-0.3, -0.25) is 4.79 Å². The quantitative estimate of drug-likeness (QED) is 0.870. The molecule has 0 saturated carbocycles. The van der Waals surface area contributed by atoms with E-state index in [1.165, 1.54) is 23.5 Å². The second kappa shape index (κ2) is 8.22. The third-order valence-electron chi connectivity index (χ3n) is 2.92. The second-order valence-electron chi connectivity index (χ2n) is 5.27. The van der Waals surface area contributed by atoms with Crippen LogP contribution in [0, 0.1) is 11.7 Å². The predicted molar refractivity (Wildman–Crippen MR) is 90.8 cm³/mol. The molecule has 2 rings (SSSR count). The Morgan fingerprint density at radius 1 is 1.45 bits per heavy atom. The van der Waals surface area contributed by atoms with Crippen molar-refractivity contribution in [3.8, 4) is 11.3 Å². The Morgan fingerprint density at radius 2 is 2.18 bits per heavy atom. The maximum Gasteiger partial charge on any atom is 0.243 e. The molecule has 1 amide bonds. The minimum absolute atomic E-state index is 0. The summed E-state index contributed by atoms with van der Waals surface area (Å²) in [4.78, 5) is 16.2. The highest BCUT2D eigenvalue weighted by molar-refractivity contribution is 7.14. The number of aromatic nitrogens is 1. The van der Waals surface area contributed by atoms with Gasteiger partial charge in [0, 0.05) is 10.9 Å². The van der Waals surface area contributed by atoms with Crippen LogP contribution in [-0.2, 0) is 4.79 Å². The molecule has 22 heavy (non-hydrogen) atoms. The van der Waals surface area contributed by atoms with Crippen LogP contribution in [0.15, 0.2) is 29.6 Å². The van der Waals surface area contributed by atoms with Crippen LogP contribution in [0.5, 0.6) is 0 Å². The Morgan fingerprint density at radius 3 is 2.82 bits per heavy atom. The Kier molecular flexibility index (Phi) is 6.93. The number of carbonyl (C=O) groups is 1. The van der Waals surface area contributed by atoms with Gasteiger partial charge in [-0.1, -0.05) is 26.0 Å². The van der Waals surface area contributed by atoms with Gasteiger partial charge in [0.15, 0.2) is 5.13 Å². The van der Waals surface area contributed by atoms with Crippen molar-refractivity contribution < 1.29 is 9.18 Å². The summed E-state index contributed by atoms with van der Waals surface area (Å²) in [7, 11) is 0. The Balaban J connectivity index is 0.00000242. The summed E-state index contributed by atoms with van der Waals surface area (Å²) in [6.07, 6.45) is 0.619. The van der Waals surface area contributed by atoms with E-state index in [4.69, 9.17) is 5.73 Å². The number of nitrogens with one attached hydrogen (secondary N) is 1. The molecule has 0 fully saturated rings. The number of hydrogen-bond donors (Lipinski definition) is 2. The van der Waals surface area contributed by atoms with Crippen LogP contribution in [0.1, 0.15) is 20.3 Å². The van der Waals surface area contributed by atoms with Crippen molar-refractivity contribution in [2.24, 2.45) is 11.7 Å². The van der Waals surface area contributed by atoms with Crippen molar-refractivity contribution in [3.05, 3.63) is 35.5 Å². The second-order valence-corrected chi connectivity index (χ2v) is 6.13. The largest absolute Gasteiger partial charge is 0.320 e. The molecule has 0 bridgehead atoms. The van der Waals surface area contributed by atoms with Crippen LogP contribution in [0.2, 0.25) is 0 Å². The fraction of sp³-hybridized carbons (Fsp3) is 0.333. The van der Waals surface area contributed by atoms with E-state index in [2.05, 4.69) is 10.3 Å². The summed E-state index contributed by atoms with van der Waals surface area (Å²) < 4.78 is 13.2. The molecule has 0 spiro atoms. The van der Waals surface area contributed by atoms with Crippen molar-refractivity contribution in [2.75, 3.05) is 5.32 Å². The molecular weight excluding hydrogens is 325 g/mol. The van der Waals surface area contributed by atoms with Gasteiger partial charge in [-0.25, -0.2) is 9.37 Å². The van der Waals surface area contributed by atoms with Gasteiger partial charge in [0.25, 0.3) is 0 Å². The minimum atomic E-state index is -0.550. The number of rotatable bonds is 5. The Hall–Kier alpha value is -1.50. The summed E-state index contributed by atoms with van der Waals surface area (Å²) in [5.41, 5.74) is 7.13. The molecule has 1 heterocycles. The first-order chi connectivity index (χ1) is 9.95. The summed E-state index contributed by atoms with van der Waals surface area (Å²) in [6.45, 7) is 4.02. The van der Waals surface area contributed by atoms with Crippen molar-refractivity contribution in [1.29, 1.82) is 0 Å². The molecule has 1 atom stereocenters. The van der Waals surface area contributed by atoms with Gasteiger partial charge in [-0.05, 0) is 24.5 Å². The van der Waals surface area contributed by atoms with E-state index in [0.717, 1.165) is 0 Å². The highest BCUT2D eigenvalue weighted by atomic mass is 35.5. The summed E-state index contributed by atoms with van der Waals surface area (Å²) in [5.74, 6) is -0.209. The van der Waals surface area contributed by atoms with Gasteiger partial charge in [-0.15, -0.1) is 23.7 Å². The third kappa shape index (κ3) is 5.05. The number of benzene rings is 1. The van der Waals surface area contributed by atoms with Gasteiger partial charge >= 0.3 is 0 Å². The molecule has 0 unspecified atom stereocenters. The van der Waals surface area contributed by atoms with Gasteiger partial charge in [-0.2, -0.15) is 0 Å². The zero-order valence-corrected chi connectivity index (χ0v) is 14.0. The van der Waals surface area contributed by atoms with Crippen LogP contribution in [0.4, 0.5) is 9.52 Å². The Bertz CT molecular complexity index is 633. The third-order valence-corrected chi connectivity index (χ3v) is 3.67. The van der Waals surface area contributed by atoms with E-state index in [1.54, 1.807) is 17.5 Å². The number of thiazole rings is 1. The van der Waals surface area contributed by atoms with E-state index >= 15 is 0 Å². The number of carbonyl (C=O) groups excluding carboxylic acids is 1. The van der Waals surface area contributed by atoms with Gasteiger partial charge < -0.3 is 11.1 Å². The lowest BCUT2D eigenvalue weighted by molar-refractivity contribution is -0.117. The molecular formula is C15H19ClFN3OS. The van der Waals surface area contributed by atoms with Crippen LogP contribution in [-0.4, -0.2) is 16.9 Å². The topological polar surface area (TPSA) is 68.0 Å². The highest BCUT2D eigenvalue weighted by Crippen LogP contribution is 2.25. The zero-order valence-electron chi connectivity index (χ0n) is 12.4. The lowest BCUT2D eigenvalue weighted by Crippen LogP contribution is -2.36. The SMILES string of the molecule is CC(C)C[C@H](N)C(=O)Nc1nc(-c2cccc(F)c2)cs1.Cl. The molecule has 0 aliphatic heterocycles. The van der Waals surface area contributed by atoms with Gasteiger partial charge in [0.2, 0.25) is 5.91 Å². The van der Waals surface area contributed by atoms with Crippen molar-refractivity contribution in [3.63, 3.8) is 0 Å². The van der Waals surface area contributed by atoms with Crippen molar-refractivity contribution in [2.45, 2.75) is 26.3 Å². The molecule has 1 aromatic heterocycles. The number of nitrogens with two attached hydrogens (primary N) is 1. The normalized spacial score (nSPS) is 11.9. The number of anilines is 1. The number of hydrogen-bond acceptors (Lipinski definition) is 4. The van der Waals surface area contributed by atoms with E-state index < -0.39 is 6.04 Å². The number of nitrogens with zero attached hydrogens (tertiary/aromatic N) is 1. The first-order valence-corrected chi connectivity index (χ1v) is 7.61. The van der Waals surface area contributed by atoms with Crippen LogP contribution in [0.3, 0.4) is 0 Å². The molecule has 7 heteroatoms. The first kappa shape index (κ1) is 18.5. The average Bonchev–Trinajstić information content (AvgIpc) is 2.86. The van der Waals surface area contributed by atoms with Crippen LogP contribution >= 0.6 is 23.7 Å². The lowest BCUT2D eigenvalue weighted by Gasteiger charge is -2.12. The van der Waals surface area contributed by atoms with E-state index in [0.29, 0.717) is 28.7 Å². The molecule has 1 aromatic carbocycles. The summed E-state index contributed by atoms with van der Waals surface area (Å²) in [5, 5.41) is 4.95. The minimum Gasteiger partial charge on any atom is -0.320 e. The van der Waals surface area contributed by atoms with Gasteiger partial charge in [0.1, 0.15) is 5.82 Å². The Labute approximate surface area is 139 Å². The standard InChI is InChI=1S/C15H18FN3OS.ClH/c1-9(2)6-12(17)14(20)19-15-18-13(8-21-15)10-4-3-5-11(16)7-10;/h3-5,7-9,12H,6,17H2,1-2H3,(H,18,19,20);1H/t12-;/m0./s1. The molecule has 4 nitrogen and oxygen atoms in total. The smallest absolute Gasteiger partial charge is 0.243 e. The maximum absolute atomic E-state index is 13.2. The van der Waals surface area contributed by atoms with E-state index in [1.807, 2.05) is 13.8 Å². The molecule has 120 valence electrons. The molecule has 0 radical (unpaired) electrons. The van der Waals surface area contributed by atoms with E-state index in [9.17, 15) is 9.18 Å². The summed E-state index contributed by atoms with van der Waals surface area (Å²) in [6, 6.07) is 5.63. The van der Waals surface area contributed by atoms with Crippen molar-refractivity contribution in [1.82, 2.24) is 4.98 Å². The highest BCUT2D eigenvalue weighted by Gasteiger charge is 2.16. The summed E-state index contributed by atoms with van der Waals surface area (Å²) >= 11 is 1.29. The van der Waals surface area contributed by atoms with Crippen LogP contribution in [0.25, 0.3) is 11.3 Å². The molecule has 0 aliphatic rings. The lowest BCUT2D eigenvalue weighted by atomic mass is 10.0. The first-order valence-electron chi connectivity index (χ1n) is 6.73. The predicted octanol–water partition coefficient (Wildman–Crippen LogP) is 3.68. The molecule has 0 aliphatic carbocycles. The maximum atomic E-state index is 13.2. The fourth-order valence-electron chi connectivity index (χ4n) is 1.92. The zero-order chi connectivity index (χ0) is 15.4. The molecule has 2 aromatic rings. The molecule has 0 saturated heterocycles. The van der Waals surface area contributed by atoms with Crippen LogP contribution < -0.4 is 11.1 Å². The fourth-order valence-corrected chi connectivity index (χ4v) is 2.65. The van der Waals surface area contributed by atoms with Gasteiger partial charge in [0.05, 0.1) is 11.7 Å². The monoisotopic (exact) mass is 343 g/mol. The number of halogens is 2. The average molecular weight is 344 g/mol. The molecule has 3 N–H and O–H groups in total. The van der Waals surface area contributed by atoms with E-state index in [-0.39, 0.29) is 24.1 Å².